The minimum Gasteiger partial charge on any atom is -0.479 e. The quantitative estimate of drug-likeness (QED) is 0.0228. The van der Waals surface area contributed by atoms with Crippen molar-refractivity contribution in [3.63, 3.8) is 0 Å². The van der Waals surface area contributed by atoms with Crippen molar-refractivity contribution < 1.29 is 58.2 Å². The van der Waals surface area contributed by atoms with Gasteiger partial charge < -0.3 is 39.0 Å². The Balaban J connectivity index is 2.79. The largest absolute Gasteiger partial charge is 0.479 e. The number of carbonyl (C=O) groups excluding carboxylic acids is 3. The molecule has 1 rings (SSSR count). The molecule has 1 saturated heterocycles. The molecule has 3 N–H and O–H groups in total. The number of aliphatic hydroxyl groups excluding tert-OH is 2. The van der Waals surface area contributed by atoms with Crippen LogP contribution in [0, 0.1) is 0 Å². The molecule has 12 nitrogen and oxygen atoms in total. The fourth-order valence-electron chi connectivity index (χ4n) is 8.13. The maximum absolute atomic E-state index is 13.1. The van der Waals surface area contributed by atoms with Gasteiger partial charge in [-0.2, -0.15) is 0 Å². The van der Waals surface area contributed by atoms with Crippen molar-refractivity contribution in [2.24, 2.45) is 0 Å². The molecule has 0 bridgehead atoms. The van der Waals surface area contributed by atoms with Gasteiger partial charge in [-0.3, -0.25) is 14.4 Å². The van der Waals surface area contributed by atoms with Crippen LogP contribution < -0.4 is 0 Å². The highest BCUT2D eigenvalue weighted by molar-refractivity contribution is 5.74. The molecular weight excluding hydrogens is 973 g/mol. The molecule has 0 radical (unpaired) electrons. The molecule has 1 fully saturated rings. The van der Waals surface area contributed by atoms with Crippen LogP contribution in [0.5, 0.6) is 0 Å². The number of ether oxygens (including phenoxy) is 5. The average Bonchev–Trinajstić information content (AvgIpc) is 3.42. The van der Waals surface area contributed by atoms with E-state index in [4.69, 9.17) is 23.7 Å². The average molecular weight is 1080 g/mol. The van der Waals surface area contributed by atoms with Crippen LogP contribution in [0.4, 0.5) is 0 Å². The molecule has 0 aromatic heterocycles. The summed E-state index contributed by atoms with van der Waals surface area (Å²) in [5, 5.41) is 31.5. The van der Waals surface area contributed by atoms with Crippen LogP contribution in [-0.4, -0.2) is 89.2 Å². The van der Waals surface area contributed by atoms with E-state index in [0.717, 1.165) is 83.5 Å². The Kier molecular flexibility index (Phi) is 47.2. The maximum Gasteiger partial charge on any atom is 0.335 e. The van der Waals surface area contributed by atoms with Crippen molar-refractivity contribution >= 4 is 23.9 Å². The van der Waals surface area contributed by atoms with Gasteiger partial charge in [0.2, 0.25) is 0 Å². The first-order valence-electron chi connectivity index (χ1n) is 29.5. The number of unbranched alkanes of at least 4 members (excludes halogenated alkanes) is 15. The lowest BCUT2D eigenvalue weighted by Gasteiger charge is -2.40. The molecular formula is C65H102O12. The van der Waals surface area contributed by atoms with Crippen LogP contribution in [0.15, 0.2) is 122 Å². The molecule has 6 unspecified atom stereocenters. The first kappa shape index (κ1) is 70.1. The Bertz CT molecular complexity index is 1800. The van der Waals surface area contributed by atoms with Gasteiger partial charge >= 0.3 is 23.9 Å². The fraction of sp³-hybridized carbons (Fsp3) is 0.631. The first-order valence-corrected chi connectivity index (χ1v) is 29.5. The molecule has 6 atom stereocenters. The van der Waals surface area contributed by atoms with Crippen LogP contribution in [-0.2, 0) is 42.9 Å². The molecule has 77 heavy (non-hydrogen) atoms. The van der Waals surface area contributed by atoms with E-state index >= 15 is 0 Å². The smallest absolute Gasteiger partial charge is 0.335 e. The first-order chi connectivity index (χ1) is 37.6. The van der Waals surface area contributed by atoms with Crippen molar-refractivity contribution in [2.45, 2.75) is 250 Å². The number of rotatable bonds is 48. The molecule has 0 saturated carbocycles. The van der Waals surface area contributed by atoms with Crippen LogP contribution >= 0.6 is 0 Å². The zero-order chi connectivity index (χ0) is 56.1. The summed E-state index contributed by atoms with van der Waals surface area (Å²) in [6.45, 7) is 5.62. The Hall–Kier alpha value is -4.88. The molecule has 0 aromatic carbocycles. The third-order valence-electron chi connectivity index (χ3n) is 12.6. The van der Waals surface area contributed by atoms with E-state index in [-0.39, 0.29) is 25.9 Å². The molecule has 1 aliphatic rings. The summed E-state index contributed by atoms with van der Waals surface area (Å²) in [4.78, 5) is 51.0. The van der Waals surface area contributed by atoms with Crippen molar-refractivity contribution in [2.75, 3.05) is 13.2 Å². The molecule has 0 spiro atoms. The fourth-order valence-corrected chi connectivity index (χ4v) is 8.13. The number of carboxylic acids is 1. The van der Waals surface area contributed by atoms with Gasteiger partial charge in [-0.25, -0.2) is 4.79 Å². The van der Waals surface area contributed by atoms with Gasteiger partial charge in [0.25, 0.3) is 0 Å². The maximum atomic E-state index is 13.1. The lowest BCUT2D eigenvalue weighted by Crippen LogP contribution is -2.61. The van der Waals surface area contributed by atoms with Gasteiger partial charge in [0, 0.05) is 12.8 Å². The van der Waals surface area contributed by atoms with E-state index in [1.54, 1.807) is 6.08 Å². The normalized spacial score (nSPS) is 18.9. The number of allylic oxidation sites excluding steroid dienone is 19. The van der Waals surface area contributed by atoms with E-state index in [1.165, 1.54) is 64.2 Å². The third-order valence-corrected chi connectivity index (χ3v) is 12.6. The second-order valence-corrected chi connectivity index (χ2v) is 19.5. The lowest BCUT2D eigenvalue weighted by molar-refractivity contribution is -0.301. The van der Waals surface area contributed by atoms with Crippen LogP contribution in [0.2, 0.25) is 0 Å². The van der Waals surface area contributed by atoms with Gasteiger partial charge in [0.1, 0.15) is 18.8 Å². The molecule has 0 aliphatic carbocycles. The number of hydrogen-bond acceptors (Lipinski definition) is 11. The van der Waals surface area contributed by atoms with Gasteiger partial charge in [-0.05, 0) is 83.5 Å². The number of aliphatic carboxylic acids is 1. The monoisotopic (exact) mass is 1070 g/mol. The molecule has 0 amide bonds. The summed E-state index contributed by atoms with van der Waals surface area (Å²) in [7, 11) is 0. The predicted octanol–water partition coefficient (Wildman–Crippen LogP) is 15.2. The van der Waals surface area contributed by atoms with Crippen LogP contribution in [0.3, 0.4) is 0 Å². The second kappa shape index (κ2) is 51.9. The SMILES string of the molecule is CC/C=C\C/C=C\C/C=C\C/C=C\C/C=C\CCCC(=O)OCC(COC1OC(C(=O)O)C(O)C(O)C1OC(=O)CCCCCCCCCCCCCCCCC)OC(=O)C/C=C\C/C=C\C/C=C\C/C=C\C/C=C\CC. The van der Waals surface area contributed by atoms with E-state index in [9.17, 15) is 34.5 Å². The summed E-state index contributed by atoms with van der Waals surface area (Å²) in [6.07, 6.45) is 59.2. The summed E-state index contributed by atoms with van der Waals surface area (Å²) in [6, 6.07) is 0. The third kappa shape index (κ3) is 41.8. The second-order valence-electron chi connectivity index (χ2n) is 19.5. The number of aliphatic hydroxyl groups is 2. The predicted molar refractivity (Wildman–Crippen MR) is 312 cm³/mol. The summed E-state index contributed by atoms with van der Waals surface area (Å²) in [5.41, 5.74) is 0. The van der Waals surface area contributed by atoms with Crippen molar-refractivity contribution in [1.82, 2.24) is 0 Å². The standard InChI is InChI=1S/C65H102O12/c1-4-7-10-13-16-19-22-25-28-29-32-33-36-39-42-45-48-51-57(66)73-54-56(75-58(67)52-49-46-43-40-37-34-30-26-23-20-17-14-11-8-5-2)55-74-65-63(61(70)60(69)62(77-65)64(71)72)76-59(68)53-50-47-44-41-38-35-31-27-24-21-18-15-12-9-6-3/h7-8,10-11,16-17,19-20,25-26,28,30,32-33,37,39-40,42,46,49,56,60-63,65,69-70H,4-6,9,12-15,18,21-24,27,29,31,34-36,38,41,43-45,47-48,50-55H2,1-3H3,(H,71,72)/b10-7-,11-8-,19-16-,20-17-,28-25-,30-26-,33-32-,40-37-,42-39-,49-46-. The van der Waals surface area contributed by atoms with Gasteiger partial charge in [0.05, 0.1) is 13.0 Å². The van der Waals surface area contributed by atoms with Crippen LogP contribution in [0.1, 0.15) is 213 Å². The highest BCUT2D eigenvalue weighted by atomic mass is 16.7. The van der Waals surface area contributed by atoms with Crippen LogP contribution in [0.25, 0.3) is 0 Å². The van der Waals surface area contributed by atoms with Crippen molar-refractivity contribution in [1.29, 1.82) is 0 Å². The van der Waals surface area contributed by atoms with Crippen molar-refractivity contribution in [3.05, 3.63) is 122 Å². The number of carboxylic acid groups (broad SMARTS) is 1. The van der Waals surface area contributed by atoms with E-state index in [1.807, 2.05) is 30.4 Å². The van der Waals surface area contributed by atoms with Gasteiger partial charge in [-0.15, -0.1) is 0 Å². The Labute approximate surface area is 465 Å². The molecule has 0 aromatic rings. The Morgan fingerprint density at radius 1 is 0.455 bits per heavy atom. The molecule has 1 heterocycles. The Morgan fingerprint density at radius 3 is 1.30 bits per heavy atom. The summed E-state index contributed by atoms with van der Waals surface area (Å²) in [5.74, 6) is -3.38. The zero-order valence-corrected chi connectivity index (χ0v) is 47.7. The molecule has 1 aliphatic heterocycles. The number of carbonyl (C=O) groups is 4. The molecule has 434 valence electrons. The van der Waals surface area contributed by atoms with E-state index < -0.39 is 67.3 Å². The summed E-state index contributed by atoms with van der Waals surface area (Å²) < 4.78 is 28.2. The highest BCUT2D eigenvalue weighted by Gasteiger charge is 2.50. The summed E-state index contributed by atoms with van der Waals surface area (Å²) >= 11 is 0. The van der Waals surface area contributed by atoms with Gasteiger partial charge in [0.15, 0.2) is 24.6 Å². The minimum absolute atomic E-state index is 0.0414. The van der Waals surface area contributed by atoms with Crippen molar-refractivity contribution in [3.8, 4) is 0 Å². The highest BCUT2D eigenvalue weighted by Crippen LogP contribution is 2.26. The molecule has 12 heteroatoms. The van der Waals surface area contributed by atoms with E-state index in [0.29, 0.717) is 25.7 Å². The number of esters is 3. The van der Waals surface area contributed by atoms with E-state index in [2.05, 4.69) is 106 Å². The number of hydrogen-bond donors (Lipinski definition) is 3. The lowest BCUT2D eigenvalue weighted by atomic mass is 9.98. The zero-order valence-electron chi connectivity index (χ0n) is 47.7. The minimum atomic E-state index is -1.93. The topological polar surface area (TPSA) is 175 Å². The van der Waals surface area contributed by atoms with Gasteiger partial charge in [-0.1, -0.05) is 232 Å². The Morgan fingerprint density at radius 2 is 0.857 bits per heavy atom.